The molecule has 176 valence electrons. The zero-order valence-corrected chi connectivity index (χ0v) is 20.3. The van der Waals surface area contributed by atoms with Gasteiger partial charge in [0.05, 0.1) is 28.5 Å². The molecule has 1 aliphatic heterocycles. The molecule has 1 saturated carbocycles. The van der Waals surface area contributed by atoms with Gasteiger partial charge in [0.2, 0.25) is 0 Å². The van der Waals surface area contributed by atoms with Crippen LogP contribution >= 0.6 is 0 Å². The van der Waals surface area contributed by atoms with E-state index in [1.807, 2.05) is 52.0 Å². The maximum atomic E-state index is 13.5. The lowest BCUT2D eigenvalue weighted by Gasteiger charge is -2.32. The normalized spacial score (nSPS) is 18.9. The summed E-state index contributed by atoms with van der Waals surface area (Å²) < 4.78 is 19.3. The molecule has 1 saturated heterocycles. The summed E-state index contributed by atoms with van der Waals surface area (Å²) in [6.45, 7) is 9.25. The van der Waals surface area contributed by atoms with Gasteiger partial charge in [0, 0.05) is 17.9 Å². The molecule has 0 radical (unpaired) electrons. The first-order chi connectivity index (χ1) is 16.1. The summed E-state index contributed by atoms with van der Waals surface area (Å²) in [5, 5.41) is 5.92. The van der Waals surface area contributed by atoms with Gasteiger partial charge in [-0.3, -0.25) is 9.59 Å². The molecule has 0 atom stereocenters. The van der Waals surface area contributed by atoms with Crippen LogP contribution in [0, 0.1) is 0 Å². The van der Waals surface area contributed by atoms with Gasteiger partial charge < -0.3 is 14.0 Å². The molecule has 2 fully saturated rings. The van der Waals surface area contributed by atoms with E-state index in [4.69, 9.17) is 14.0 Å². The van der Waals surface area contributed by atoms with Gasteiger partial charge >= 0.3 is 13.1 Å². The zero-order chi connectivity index (χ0) is 24.3. The molecule has 3 aromatic rings. The molecular weight excluding hydrogens is 431 g/mol. The van der Waals surface area contributed by atoms with Crippen LogP contribution in [-0.4, -0.2) is 34.1 Å². The fourth-order valence-electron chi connectivity index (χ4n) is 4.32. The molecule has 0 N–H and O–H groups in total. The van der Waals surface area contributed by atoms with Gasteiger partial charge in [-0.25, -0.2) is 0 Å². The smallest absolute Gasteiger partial charge is 0.461 e. The van der Waals surface area contributed by atoms with Gasteiger partial charge in [-0.05, 0) is 75.7 Å². The molecule has 5 rings (SSSR count). The van der Waals surface area contributed by atoms with Crippen LogP contribution in [0.2, 0.25) is 0 Å². The van der Waals surface area contributed by atoms with Crippen molar-refractivity contribution in [3.63, 3.8) is 0 Å². The molecule has 2 heterocycles. The van der Waals surface area contributed by atoms with Crippen LogP contribution in [0.25, 0.3) is 16.5 Å². The summed E-state index contributed by atoms with van der Waals surface area (Å²) >= 11 is 0. The standard InChI is InChI=1S/C26H29BN2O5/c1-16(30)32-15-21-22(27-33-25(2,3)26(4,5)34-27)7-6-8-23(21)29-24(31)20-12-11-18(17-9-10-17)13-19(20)14-28-29/h6-8,11-14,17H,9-10,15H2,1-5H3. The van der Waals surface area contributed by atoms with Crippen molar-refractivity contribution >= 4 is 29.3 Å². The first-order valence-electron chi connectivity index (χ1n) is 11.7. The molecule has 1 aliphatic carbocycles. The minimum atomic E-state index is -0.673. The van der Waals surface area contributed by atoms with E-state index < -0.39 is 24.3 Å². The number of ether oxygens (including phenoxy) is 1. The Morgan fingerprint density at radius 2 is 1.85 bits per heavy atom. The highest BCUT2D eigenvalue weighted by molar-refractivity contribution is 6.62. The molecule has 0 bridgehead atoms. The Hall–Kier alpha value is -2.97. The van der Waals surface area contributed by atoms with Crippen LogP contribution in [-0.2, 0) is 25.4 Å². The van der Waals surface area contributed by atoms with E-state index in [1.54, 1.807) is 12.3 Å². The number of aromatic nitrogens is 2. The number of carbonyl (C=O) groups excluding carboxylic acids is 1. The van der Waals surface area contributed by atoms with E-state index >= 15 is 0 Å². The first-order valence-corrected chi connectivity index (χ1v) is 11.7. The first kappa shape index (κ1) is 22.8. The van der Waals surface area contributed by atoms with Crippen LogP contribution in [0.15, 0.2) is 47.4 Å². The van der Waals surface area contributed by atoms with Crippen LogP contribution in [0.5, 0.6) is 0 Å². The Morgan fingerprint density at radius 1 is 1.15 bits per heavy atom. The van der Waals surface area contributed by atoms with Crippen molar-refractivity contribution in [1.29, 1.82) is 0 Å². The number of benzene rings is 2. The SMILES string of the molecule is CC(=O)OCc1c(B2OC(C)(C)C(C)(C)O2)cccc1-n1ncc2cc(C3CC3)ccc2c1=O. The van der Waals surface area contributed by atoms with Crippen molar-refractivity contribution < 1.29 is 18.8 Å². The van der Waals surface area contributed by atoms with E-state index in [0.29, 0.717) is 28.0 Å². The molecule has 0 unspecified atom stereocenters. The average Bonchev–Trinajstić information content (AvgIpc) is 3.59. The van der Waals surface area contributed by atoms with Crippen LogP contribution in [0.3, 0.4) is 0 Å². The number of fused-ring (bicyclic) bond motifs is 1. The quantitative estimate of drug-likeness (QED) is 0.428. The number of carbonyl (C=O) groups is 1. The van der Waals surface area contributed by atoms with Crippen LogP contribution in [0.1, 0.15) is 64.5 Å². The maximum Gasteiger partial charge on any atom is 0.495 e. The summed E-state index contributed by atoms with van der Waals surface area (Å²) in [5.74, 6) is 0.180. The third kappa shape index (κ3) is 3.95. The Bertz CT molecular complexity index is 1330. The molecule has 7 nitrogen and oxygen atoms in total. The molecule has 2 aliphatic rings. The molecular formula is C26H29BN2O5. The summed E-state index contributed by atoms with van der Waals surface area (Å²) in [5.41, 5.74) is 1.81. The number of esters is 1. The predicted molar refractivity (Wildman–Crippen MR) is 131 cm³/mol. The Labute approximate surface area is 199 Å². The van der Waals surface area contributed by atoms with Crippen LogP contribution < -0.4 is 11.0 Å². The zero-order valence-electron chi connectivity index (χ0n) is 20.3. The molecule has 2 aromatic carbocycles. The van der Waals surface area contributed by atoms with E-state index in [0.717, 1.165) is 5.39 Å². The average molecular weight is 460 g/mol. The third-order valence-electron chi connectivity index (χ3n) is 7.20. The molecule has 0 spiro atoms. The van der Waals surface area contributed by atoms with Crippen molar-refractivity contribution in [2.45, 2.75) is 71.2 Å². The highest BCUT2D eigenvalue weighted by atomic mass is 16.7. The number of hydrogen-bond donors (Lipinski definition) is 0. The molecule has 34 heavy (non-hydrogen) atoms. The van der Waals surface area contributed by atoms with Gasteiger partial charge in [-0.15, -0.1) is 0 Å². The fourth-order valence-corrected chi connectivity index (χ4v) is 4.32. The monoisotopic (exact) mass is 460 g/mol. The van der Waals surface area contributed by atoms with Gasteiger partial charge in [-0.1, -0.05) is 18.2 Å². The van der Waals surface area contributed by atoms with Crippen molar-refractivity contribution in [2.24, 2.45) is 0 Å². The lowest BCUT2D eigenvalue weighted by atomic mass is 9.75. The second-order valence-corrected chi connectivity index (χ2v) is 10.2. The number of nitrogens with zero attached hydrogens (tertiary/aromatic N) is 2. The minimum absolute atomic E-state index is 0.0301. The number of rotatable bonds is 5. The second-order valence-electron chi connectivity index (χ2n) is 10.2. The van der Waals surface area contributed by atoms with Crippen molar-refractivity contribution in [3.05, 3.63) is 64.1 Å². The van der Waals surface area contributed by atoms with Gasteiger partial charge in [0.1, 0.15) is 6.61 Å². The number of hydrogen-bond acceptors (Lipinski definition) is 6. The fraction of sp³-hybridized carbons (Fsp3) is 0.423. The van der Waals surface area contributed by atoms with Crippen molar-refractivity contribution in [2.75, 3.05) is 0 Å². The van der Waals surface area contributed by atoms with Crippen molar-refractivity contribution in [1.82, 2.24) is 9.78 Å². The highest BCUT2D eigenvalue weighted by Gasteiger charge is 2.52. The molecule has 8 heteroatoms. The van der Waals surface area contributed by atoms with E-state index in [1.165, 1.54) is 30.0 Å². The summed E-state index contributed by atoms with van der Waals surface area (Å²) in [6.07, 6.45) is 4.11. The largest absolute Gasteiger partial charge is 0.495 e. The van der Waals surface area contributed by atoms with Gasteiger partial charge in [-0.2, -0.15) is 9.78 Å². The summed E-state index contributed by atoms with van der Waals surface area (Å²) in [4.78, 5) is 25.2. The van der Waals surface area contributed by atoms with Gasteiger partial charge in [0.25, 0.3) is 5.56 Å². The molecule has 1 aromatic heterocycles. The van der Waals surface area contributed by atoms with E-state index in [-0.39, 0.29) is 12.2 Å². The Balaban J connectivity index is 1.62. The Morgan fingerprint density at radius 3 is 2.50 bits per heavy atom. The Kier molecular flexibility index (Phi) is 5.41. The highest BCUT2D eigenvalue weighted by Crippen LogP contribution is 2.40. The van der Waals surface area contributed by atoms with Crippen LogP contribution in [0.4, 0.5) is 0 Å². The summed E-state index contributed by atoms with van der Waals surface area (Å²) in [7, 11) is -0.673. The topological polar surface area (TPSA) is 79.7 Å². The van der Waals surface area contributed by atoms with Crippen molar-refractivity contribution in [3.8, 4) is 5.69 Å². The molecule has 0 amide bonds. The summed E-state index contributed by atoms with van der Waals surface area (Å²) in [6, 6.07) is 11.5. The second kappa shape index (κ2) is 8.06. The predicted octanol–water partition coefficient (Wildman–Crippen LogP) is 3.63. The maximum absolute atomic E-state index is 13.5. The lowest BCUT2D eigenvalue weighted by molar-refractivity contribution is -0.142. The van der Waals surface area contributed by atoms with Gasteiger partial charge in [0.15, 0.2) is 0 Å². The van der Waals surface area contributed by atoms with E-state index in [9.17, 15) is 9.59 Å². The third-order valence-corrected chi connectivity index (χ3v) is 7.20. The minimum Gasteiger partial charge on any atom is -0.461 e. The lowest BCUT2D eigenvalue weighted by Crippen LogP contribution is -2.41. The van der Waals surface area contributed by atoms with E-state index in [2.05, 4.69) is 11.2 Å².